The van der Waals surface area contributed by atoms with E-state index in [1.165, 1.54) is 0 Å². The van der Waals surface area contributed by atoms with Gasteiger partial charge in [0.2, 0.25) is 11.8 Å². The topological polar surface area (TPSA) is 49.8 Å². The van der Waals surface area contributed by atoms with Gasteiger partial charge in [0.15, 0.2) is 0 Å². The maximum absolute atomic E-state index is 6.26. The molecule has 1 aliphatic rings. The molecule has 0 spiro atoms. The van der Waals surface area contributed by atoms with Crippen molar-refractivity contribution in [1.82, 2.24) is 4.98 Å². The van der Waals surface area contributed by atoms with Crippen LogP contribution in [-0.2, 0) is 28.3 Å². The van der Waals surface area contributed by atoms with Crippen molar-refractivity contribution in [3.63, 3.8) is 0 Å². The van der Waals surface area contributed by atoms with Crippen molar-refractivity contribution in [3.8, 4) is 11.8 Å². The number of benzene rings is 2. The molecule has 3 aromatic rings. The maximum Gasteiger partial charge on any atom is 0.333 e. The van der Waals surface area contributed by atoms with Crippen LogP contribution in [0.1, 0.15) is 48.8 Å². The summed E-state index contributed by atoms with van der Waals surface area (Å²) in [6, 6.07) is 22.2. The molecule has 0 bridgehead atoms. The minimum Gasteiger partial charge on any atom is -0.473 e. The predicted octanol–water partition coefficient (Wildman–Crippen LogP) is 4.89. The molecule has 0 N–H and O–H groups in total. The Morgan fingerprint density at radius 3 is 2.10 bits per heavy atom. The zero-order valence-corrected chi connectivity index (χ0v) is 18.3. The third kappa shape index (κ3) is 5.46. The molecule has 160 valence electrons. The number of nitrogens with zero attached hydrogens (tertiary/aromatic N) is 1. The molecule has 1 aromatic heterocycles. The van der Waals surface area contributed by atoms with Gasteiger partial charge in [0.05, 0.1) is 6.61 Å². The first-order valence-corrected chi connectivity index (χ1v) is 10.6. The Kier molecular flexibility index (Phi) is 6.59. The summed E-state index contributed by atoms with van der Waals surface area (Å²) in [5.74, 6) is 1.20. The third-order valence-corrected chi connectivity index (χ3v) is 5.29. The smallest absolute Gasteiger partial charge is 0.333 e. The number of ether oxygens (including phenoxy) is 2. The van der Waals surface area contributed by atoms with Crippen molar-refractivity contribution in [2.45, 2.75) is 45.2 Å². The van der Waals surface area contributed by atoms with Gasteiger partial charge >= 0.3 is 7.48 Å². The molecule has 4 rings (SSSR count). The third-order valence-electron chi connectivity index (χ3n) is 5.29. The first kappa shape index (κ1) is 21.4. The van der Waals surface area contributed by atoms with E-state index in [0.717, 1.165) is 22.3 Å². The highest BCUT2D eigenvalue weighted by Crippen LogP contribution is 2.39. The number of pyridine rings is 1. The van der Waals surface area contributed by atoms with E-state index in [0.29, 0.717) is 39.1 Å². The lowest BCUT2D eigenvalue weighted by Crippen LogP contribution is -2.21. The average Bonchev–Trinajstić information content (AvgIpc) is 3.31. The highest BCUT2D eigenvalue weighted by molar-refractivity contribution is 6.30. The van der Waals surface area contributed by atoms with E-state index in [9.17, 15) is 0 Å². The molecule has 1 unspecified atom stereocenters. The van der Waals surface area contributed by atoms with Crippen molar-refractivity contribution in [3.05, 3.63) is 89.0 Å². The van der Waals surface area contributed by atoms with Gasteiger partial charge in [0.1, 0.15) is 13.2 Å². The first-order valence-electron chi connectivity index (χ1n) is 10.6. The molecule has 0 aliphatic carbocycles. The van der Waals surface area contributed by atoms with Crippen LogP contribution in [0.15, 0.2) is 66.7 Å². The van der Waals surface area contributed by atoms with Crippen LogP contribution in [0.25, 0.3) is 0 Å². The zero-order valence-electron chi connectivity index (χ0n) is 18.3. The van der Waals surface area contributed by atoms with Crippen LogP contribution in [0.2, 0.25) is 0 Å². The molecule has 0 radical (unpaired) electrons. The van der Waals surface area contributed by atoms with Crippen LogP contribution in [0, 0.1) is 0 Å². The molecular weight excluding hydrogens is 389 g/mol. The Balaban J connectivity index is 1.68. The standard InChI is InChI=1S/C25H28BNO4/c1-25(2,3)20-14-22(28-15-18-10-6-4-7-11-18)27-24(23(20)21-17-30-31-26-21)29-16-19-12-8-5-9-13-19/h4-14,21,26H,15-17H2,1-3H3. The summed E-state index contributed by atoms with van der Waals surface area (Å²) in [5, 5.41) is 0. The number of rotatable bonds is 7. The summed E-state index contributed by atoms with van der Waals surface area (Å²) >= 11 is 0. The summed E-state index contributed by atoms with van der Waals surface area (Å²) in [6.45, 7) is 7.92. The Hall–Kier alpha value is -2.83. The maximum atomic E-state index is 6.26. The SMILES string of the molecule is CC(C)(C)c1cc(OCc2ccccc2)nc(OCc2ccccc2)c1C1BOOC1. The summed E-state index contributed by atoms with van der Waals surface area (Å²) in [4.78, 5) is 15.2. The summed E-state index contributed by atoms with van der Waals surface area (Å²) in [5.41, 5.74) is 4.22. The Morgan fingerprint density at radius 2 is 1.55 bits per heavy atom. The van der Waals surface area contributed by atoms with Gasteiger partial charge in [-0.1, -0.05) is 81.4 Å². The molecule has 1 fully saturated rings. The van der Waals surface area contributed by atoms with Crippen LogP contribution in [0.3, 0.4) is 0 Å². The largest absolute Gasteiger partial charge is 0.473 e. The van der Waals surface area contributed by atoms with E-state index in [2.05, 4.69) is 20.8 Å². The fraction of sp³-hybridized carbons (Fsp3) is 0.320. The van der Waals surface area contributed by atoms with Crippen molar-refractivity contribution >= 4 is 7.48 Å². The van der Waals surface area contributed by atoms with Gasteiger partial charge in [-0.25, -0.2) is 0 Å². The number of hydrogen-bond donors (Lipinski definition) is 0. The lowest BCUT2D eigenvalue weighted by atomic mass is 9.71. The summed E-state index contributed by atoms with van der Waals surface area (Å²) < 4.78 is 12.3. The highest BCUT2D eigenvalue weighted by atomic mass is 17.2. The summed E-state index contributed by atoms with van der Waals surface area (Å²) in [7, 11) is 0.483. The second-order valence-corrected chi connectivity index (χ2v) is 8.79. The normalized spacial score (nSPS) is 16.0. The average molecular weight is 417 g/mol. The van der Waals surface area contributed by atoms with Gasteiger partial charge in [-0.15, -0.1) is 0 Å². The first-order chi connectivity index (χ1) is 15.0. The van der Waals surface area contributed by atoms with Gasteiger partial charge in [0.25, 0.3) is 0 Å². The monoisotopic (exact) mass is 417 g/mol. The van der Waals surface area contributed by atoms with E-state index in [-0.39, 0.29) is 11.2 Å². The molecule has 1 aliphatic heterocycles. The van der Waals surface area contributed by atoms with E-state index in [4.69, 9.17) is 24.2 Å². The molecule has 1 saturated heterocycles. The van der Waals surface area contributed by atoms with Crippen molar-refractivity contribution in [1.29, 1.82) is 0 Å². The minimum atomic E-state index is -0.128. The van der Waals surface area contributed by atoms with E-state index < -0.39 is 0 Å². The lowest BCUT2D eigenvalue weighted by Gasteiger charge is -2.27. The number of aromatic nitrogens is 1. The molecule has 6 heteroatoms. The van der Waals surface area contributed by atoms with Crippen LogP contribution >= 0.6 is 0 Å². The van der Waals surface area contributed by atoms with Crippen LogP contribution in [0.5, 0.6) is 11.8 Å². The van der Waals surface area contributed by atoms with Crippen LogP contribution < -0.4 is 9.47 Å². The molecule has 2 heterocycles. The Labute approximate surface area is 184 Å². The molecule has 0 saturated carbocycles. The molecule has 0 amide bonds. The fourth-order valence-electron chi connectivity index (χ4n) is 3.64. The lowest BCUT2D eigenvalue weighted by molar-refractivity contribution is -0.183. The van der Waals surface area contributed by atoms with Crippen LogP contribution in [-0.4, -0.2) is 19.1 Å². The van der Waals surface area contributed by atoms with Gasteiger partial charge in [-0.2, -0.15) is 4.98 Å². The minimum absolute atomic E-state index is 0.0654. The zero-order chi connectivity index (χ0) is 21.7. The second-order valence-electron chi connectivity index (χ2n) is 8.79. The van der Waals surface area contributed by atoms with Crippen LogP contribution in [0.4, 0.5) is 0 Å². The van der Waals surface area contributed by atoms with Crippen molar-refractivity contribution in [2.75, 3.05) is 6.61 Å². The molecule has 31 heavy (non-hydrogen) atoms. The second kappa shape index (κ2) is 9.54. The van der Waals surface area contributed by atoms with Gasteiger partial charge < -0.3 is 14.3 Å². The van der Waals surface area contributed by atoms with E-state index >= 15 is 0 Å². The molecule has 1 atom stereocenters. The van der Waals surface area contributed by atoms with Gasteiger partial charge in [-0.05, 0) is 22.1 Å². The highest BCUT2D eigenvalue weighted by Gasteiger charge is 2.33. The Morgan fingerprint density at radius 1 is 0.935 bits per heavy atom. The quantitative estimate of drug-likeness (QED) is 0.405. The predicted molar refractivity (Wildman–Crippen MR) is 121 cm³/mol. The van der Waals surface area contributed by atoms with E-state index in [1.807, 2.05) is 66.7 Å². The fourth-order valence-corrected chi connectivity index (χ4v) is 3.64. The molecule has 5 nitrogen and oxygen atoms in total. The van der Waals surface area contributed by atoms with E-state index in [1.54, 1.807) is 0 Å². The molecule has 2 aromatic carbocycles. The Bertz CT molecular complexity index is 984. The van der Waals surface area contributed by atoms with Gasteiger partial charge in [0, 0.05) is 17.4 Å². The van der Waals surface area contributed by atoms with Crippen molar-refractivity contribution < 1.29 is 19.2 Å². The molecular formula is C25H28BNO4. The van der Waals surface area contributed by atoms with Gasteiger partial charge in [-0.3, -0.25) is 4.89 Å². The van der Waals surface area contributed by atoms with Crippen molar-refractivity contribution in [2.24, 2.45) is 0 Å². The summed E-state index contributed by atoms with van der Waals surface area (Å²) in [6.07, 6.45) is 0. The number of hydrogen-bond acceptors (Lipinski definition) is 5.